The lowest BCUT2D eigenvalue weighted by atomic mass is 9.65. The number of carbonyl (C=O) groups excluding carboxylic acids is 2. The number of rotatable bonds is 6. The summed E-state index contributed by atoms with van der Waals surface area (Å²) in [5, 5.41) is 3.14. The maximum Gasteiger partial charge on any atom is 0.222 e. The molecule has 3 fully saturated rings. The summed E-state index contributed by atoms with van der Waals surface area (Å²) in [5.74, 6) is 0.0206. The Labute approximate surface area is 184 Å². The molecule has 2 amide bonds. The molecule has 0 aromatic heterocycles. The number of hydrogen-bond donors (Lipinski definition) is 1. The molecule has 0 spiro atoms. The number of carbonyl (C=O) groups is 2. The Morgan fingerprint density at radius 2 is 2.06 bits per heavy atom. The SMILES string of the molecule is COc1cc(C[C@]2(CCC(=O)N3C[C@@]4(C)C[C@H]3CC(C)(C)C4)CCC(=O)N2)ccc1F. The average molecular weight is 431 g/mol. The monoisotopic (exact) mass is 430 g/mol. The van der Waals surface area contributed by atoms with Crippen molar-refractivity contribution in [3.05, 3.63) is 29.6 Å². The van der Waals surface area contributed by atoms with Gasteiger partial charge in [-0.05, 0) is 67.1 Å². The van der Waals surface area contributed by atoms with Crippen LogP contribution in [0.15, 0.2) is 18.2 Å². The first-order valence-electron chi connectivity index (χ1n) is 11.5. The molecule has 2 heterocycles. The fraction of sp³-hybridized carbons (Fsp3) is 0.680. The summed E-state index contributed by atoms with van der Waals surface area (Å²) in [5.41, 5.74) is 0.924. The molecule has 5 nitrogen and oxygen atoms in total. The number of halogens is 1. The van der Waals surface area contributed by atoms with Crippen molar-refractivity contribution in [3.8, 4) is 5.75 Å². The first-order valence-corrected chi connectivity index (χ1v) is 11.5. The molecule has 3 aliphatic rings. The zero-order valence-corrected chi connectivity index (χ0v) is 19.2. The smallest absolute Gasteiger partial charge is 0.222 e. The summed E-state index contributed by atoms with van der Waals surface area (Å²) in [6.45, 7) is 7.78. The van der Waals surface area contributed by atoms with Crippen LogP contribution in [0.4, 0.5) is 4.39 Å². The zero-order valence-electron chi connectivity index (χ0n) is 19.2. The van der Waals surface area contributed by atoms with Crippen molar-refractivity contribution in [1.29, 1.82) is 0 Å². The lowest BCUT2D eigenvalue weighted by molar-refractivity contribution is -0.133. The number of methoxy groups -OCH3 is 1. The van der Waals surface area contributed by atoms with E-state index in [-0.39, 0.29) is 28.4 Å². The molecule has 2 saturated heterocycles. The summed E-state index contributed by atoms with van der Waals surface area (Å²) in [6.07, 6.45) is 6.05. The second kappa shape index (κ2) is 7.79. The van der Waals surface area contributed by atoms with Crippen LogP contribution in [-0.4, -0.2) is 41.9 Å². The second-order valence-electron chi connectivity index (χ2n) is 11.2. The normalized spacial score (nSPS) is 31.6. The first kappa shape index (κ1) is 22.1. The highest BCUT2D eigenvalue weighted by atomic mass is 19.1. The summed E-state index contributed by atoms with van der Waals surface area (Å²) < 4.78 is 18.9. The summed E-state index contributed by atoms with van der Waals surface area (Å²) in [4.78, 5) is 27.5. The molecule has 2 bridgehead atoms. The van der Waals surface area contributed by atoms with Crippen molar-refractivity contribution in [3.63, 3.8) is 0 Å². The fourth-order valence-corrected chi connectivity index (χ4v) is 6.63. The highest BCUT2D eigenvalue weighted by molar-refractivity contribution is 5.80. The predicted molar refractivity (Wildman–Crippen MR) is 117 cm³/mol. The van der Waals surface area contributed by atoms with Crippen LogP contribution in [0.3, 0.4) is 0 Å². The lowest BCUT2D eigenvalue weighted by Crippen LogP contribution is -2.45. The van der Waals surface area contributed by atoms with Gasteiger partial charge in [0, 0.05) is 31.0 Å². The van der Waals surface area contributed by atoms with E-state index in [0.29, 0.717) is 38.1 Å². The first-order chi connectivity index (χ1) is 14.5. The summed E-state index contributed by atoms with van der Waals surface area (Å²) in [6, 6.07) is 5.15. The van der Waals surface area contributed by atoms with E-state index in [0.717, 1.165) is 31.4 Å². The molecule has 1 aromatic rings. The van der Waals surface area contributed by atoms with Crippen LogP contribution in [0.1, 0.15) is 71.3 Å². The van der Waals surface area contributed by atoms with E-state index in [1.54, 1.807) is 12.1 Å². The van der Waals surface area contributed by atoms with Crippen molar-refractivity contribution in [2.45, 2.75) is 83.7 Å². The minimum atomic E-state index is -0.465. The molecule has 1 aromatic carbocycles. The standard InChI is InChI=1S/C25H35FN2O3/c1-23(2)13-18-14-24(3,15-23)16-28(18)22(30)8-10-25(9-7-21(29)27-25)12-17-5-6-19(26)20(11-17)31-4/h5-6,11,18H,7-10,12-16H2,1-4H3,(H,27,29)/t18-,24+,25-/m1/s1. The Kier molecular flexibility index (Phi) is 5.55. The quantitative estimate of drug-likeness (QED) is 0.735. The van der Waals surface area contributed by atoms with Gasteiger partial charge in [-0.15, -0.1) is 0 Å². The number of likely N-dealkylation sites (tertiary alicyclic amines) is 1. The topological polar surface area (TPSA) is 58.6 Å². The minimum absolute atomic E-state index is 0.0211. The molecule has 1 saturated carbocycles. The van der Waals surface area contributed by atoms with Gasteiger partial charge in [0.15, 0.2) is 11.6 Å². The Morgan fingerprint density at radius 1 is 1.29 bits per heavy atom. The van der Waals surface area contributed by atoms with Gasteiger partial charge in [0.1, 0.15) is 0 Å². The molecule has 0 unspecified atom stereocenters. The third-order valence-electron chi connectivity index (χ3n) is 7.55. The second-order valence-corrected chi connectivity index (χ2v) is 11.2. The fourth-order valence-electron chi connectivity index (χ4n) is 6.63. The van der Waals surface area contributed by atoms with Gasteiger partial charge in [0.2, 0.25) is 11.8 Å². The number of fused-ring (bicyclic) bond motifs is 2. The molecule has 0 radical (unpaired) electrons. The van der Waals surface area contributed by atoms with E-state index in [2.05, 4.69) is 31.0 Å². The Balaban J connectivity index is 1.46. The van der Waals surface area contributed by atoms with Crippen LogP contribution in [0.5, 0.6) is 5.75 Å². The molecule has 4 rings (SSSR count). The van der Waals surface area contributed by atoms with Gasteiger partial charge in [0.25, 0.3) is 0 Å². The number of ether oxygens (including phenoxy) is 1. The Bertz CT molecular complexity index is 886. The van der Waals surface area contributed by atoms with Crippen LogP contribution in [0.2, 0.25) is 0 Å². The van der Waals surface area contributed by atoms with Crippen molar-refractivity contribution < 1.29 is 18.7 Å². The third-order valence-corrected chi connectivity index (χ3v) is 7.55. The molecular weight excluding hydrogens is 395 g/mol. The van der Waals surface area contributed by atoms with E-state index in [1.807, 2.05) is 0 Å². The highest BCUT2D eigenvalue weighted by Crippen LogP contribution is 2.52. The van der Waals surface area contributed by atoms with E-state index < -0.39 is 11.4 Å². The molecule has 2 aliphatic heterocycles. The molecule has 6 heteroatoms. The van der Waals surface area contributed by atoms with Gasteiger partial charge in [-0.2, -0.15) is 0 Å². The van der Waals surface area contributed by atoms with Crippen LogP contribution < -0.4 is 10.1 Å². The number of hydrogen-bond acceptors (Lipinski definition) is 3. The summed E-state index contributed by atoms with van der Waals surface area (Å²) >= 11 is 0. The zero-order chi connectivity index (χ0) is 22.4. The molecule has 3 atom stereocenters. The maximum atomic E-state index is 13.8. The largest absolute Gasteiger partial charge is 0.494 e. The maximum absolute atomic E-state index is 13.8. The van der Waals surface area contributed by atoms with Crippen LogP contribution in [0, 0.1) is 16.6 Å². The Morgan fingerprint density at radius 3 is 2.74 bits per heavy atom. The van der Waals surface area contributed by atoms with Crippen molar-refractivity contribution in [2.24, 2.45) is 10.8 Å². The van der Waals surface area contributed by atoms with Gasteiger partial charge >= 0.3 is 0 Å². The van der Waals surface area contributed by atoms with Gasteiger partial charge in [-0.1, -0.05) is 26.8 Å². The number of amides is 2. The van der Waals surface area contributed by atoms with Gasteiger partial charge in [-0.3, -0.25) is 9.59 Å². The van der Waals surface area contributed by atoms with E-state index in [1.165, 1.54) is 13.2 Å². The van der Waals surface area contributed by atoms with Crippen molar-refractivity contribution in [1.82, 2.24) is 10.2 Å². The lowest BCUT2D eigenvalue weighted by Gasteiger charge is -2.39. The number of nitrogens with zero attached hydrogens (tertiary/aromatic N) is 1. The molecule has 1 aliphatic carbocycles. The average Bonchev–Trinajstić information content (AvgIpc) is 3.17. The molecule has 170 valence electrons. The third kappa shape index (κ3) is 4.58. The predicted octanol–water partition coefficient (Wildman–Crippen LogP) is 4.23. The van der Waals surface area contributed by atoms with Gasteiger partial charge in [0.05, 0.1) is 7.11 Å². The minimum Gasteiger partial charge on any atom is -0.494 e. The summed E-state index contributed by atoms with van der Waals surface area (Å²) in [7, 11) is 1.45. The molecule has 1 N–H and O–H groups in total. The number of benzene rings is 1. The molecule has 31 heavy (non-hydrogen) atoms. The van der Waals surface area contributed by atoms with E-state index in [9.17, 15) is 14.0 Å². The van der Waals surface area contributed by atoms with Crippen LogP contribution >= 0.6 is 0 Å². The Hall–Kier alpha value is -2.11. The highest BCUT2D eigenvalue weighted by Gasteiger charge is 2.51. The number of nitrogens with one attached hydrogen (secondary N) is 1. The van der Waals surface area contributed by atoms with Crippen molar-refractivity contribution in [2.75, 3.05) is 13.7 Å². The molecular formula is C25H35FN2O3. The van der Waals surface area contributed by atoms with Gasteiger partial charge < -0.3 is 15.0 Å². The van der Waals surface area contributed by atoms with Crippen LogP contribution in [0.25, 0.3) is 0 Å². The van der Waals surface area contributed by atoms with Crippen molar-refractivity contribution >= 4 is 11.8 Å². The van der Waals surface area contributed by atoms with Gasteiger partial charge in [-0.25, -0.2) is 4.39 Å². The van der Waals surface area contributed by atoms with E-state index in [4.69, 9.17) is 4.74 Å². The van der Waals surface area contributed by atoms with Crippen LogP contribution in [-0.2, 0) is 16.0 Å². The van der Waals surface area contributed by atoms with E-state index >= 15 is 0 Å².